The molecule has 0 radical (unpaired) electrons. The summed E-state index contributed by atoms with van der Waals surface area (Å²) in [5.74, 6) is -0.351. The van der Waals surface area contributed by atoms with E-state index in [-0.39, 0.29) is 12.4 Å². The van der Waals surface area contributed by atoms with E-state index in [9.17, 15) is 0 Å². The molecule has 2 fully saturated rings. The highest BCUT2D eigenvalue weighted by molar-refractivity contribution is 4.88. The lowest BCUT2D eigenvalue weighted by Crippen LogP contribution is -2.38. The van der Waals surface area contributed by atoms with Crippen LogP contribution in [0.4, 0.5) is 0 Å². The quantitative estimate of drug-likeness (QED) is 0.673. The Kier molecular flexibility index (Phi) is 2.34. The van der Waals surface area contributed by atoms with Crippen molar-refractivity contribution in [1.82, 2.24) is 0 Å². The van der Waals surface area contributed by atoms with Crippen LogP contribution in [0.5, 0.6) is 0 Å². The average Bonchev–Trinajstić information content (AvgIpc) is 2.47. The zero-order chi connectivity index (χ0) is 9.36. The van der Waals surface area contributed by atoms with E-state index in [1.807, 2.05) is 6.92 Å². The number of hydrogen-bond acceptors (Lipinski definition) is 3. The normalized spacial score (nSPS) is 38.3. The predicted octanol–water partition coefficient (Wildman–Crippen LogP) is 1.44. The fourth-order valence-electron chi connectivity index (χ4n) is 2.21. The Hall–Kier alpha value is -0.120. The van der Waals surface area contributed by atoms with E-state index >= 15 is 0 Å². The number of ether oxygens (including phenoxy) is 2. The van der Waals surface area contributed by atoms with E-state index in [0.717, 1.165) is 12.8 Å². The minimum Gasteiger partial charge on any atom is -0.393 e. The Bertz CT molecular complexity index is 187. The molecule has 3 nitrogen and oxygen atoms in total. The molecule has 1 aliphatic heterocycles. The van der Waals surface area contributed by atoms with Gasteiger partial charge < -0.3 is 14.6 Å². The van der Waals surface area contributed by atoms with Crippen molar-refractivity contribution >= 4 is 0 Å². The Morgan fingerprint density at radius 1 is 1.23 bits per heavy atom. The first-order valence-corrected chi connectivity index (χ1v) is 5.13. The molecule has 0 aromatic carbocycles. The Morgan fingerprint density at radius 3 is 2.46 bits per heavy atom. The minimum absolute atomic E-state index is 0.0503. The van der Waals surface area contributed by atoms with Crippen molar-refractivity contribution in [2.75, 3.05) is 13.2 Å². The van der Waals surface area contributed by atoms with Gasteiger partial charge in [0.1, 0.15) is 5.60 Å². The first kappa shape index (κ1) is 9.44. The second kappa shape index (κ2) is 3.23. The van der Waals surface area contributed by atoms with E-state index < -0.39 is 5.60 Å². The van der Waals surface area contributed by atoms with Gasteiger partial charge in [-0.15, -0.1) is 0 Å². The average molecular weight is 186 g/mol. The molecule has 13 heavy (non-hydrogen) atoms. The van der Waals surface area contributed by atoms with Gasteiger partial charge in [0.15, 0.2) is 5.79 Å². The molecule has 1 aliphatic carbocycles. The van der Waals surface area contributed by atoms with Crippen molar-refractivity contribution in [3.05, 3.63) is 0 Å². The van der Waals surface area contributed by atoms with Crippen molar-refractivity contribution < 1.29 is 14.6 Å². The number of rotatable bonds is 1. The molecule has 1 atom stereocenters. The lowest BCUT2D eigenvalue weighted by molar-refractivity contribution is -0.206. The Morgan fingerprint density at radius 2 is 1.92 bits per heavy atom. The van der Waals surface area contributed by atoms with Crippen molar-refractivity contribution in [3.63, 3.8) is 0 Å². The number of hydrogen-bond donors (Lipinski definition) is 1. The van der Waals surface area contributed by atoms with Crippen LogP contribution >= 0.6 is 0 Å². The van der Waals surface area contributed by atoms with Crippen LogP contribution in [0, 0.1) is 0 Å². The standard InChI is InChI=1S/C10H18O3/c1-9(7-11)8-12-10(13-9)5-3-2-4-6-10/h11H,2-8H2,1H3/t9-/m0/s1. The lowest BCUT2D eigenvalue weighted by atomic mass is 9.94. The Labute approximate surface area is 79.0 Å². The molecule has 1 N–H and O–H groups in total. The van der Waals surface area contributed by atoms with Crippen LogP contribution < -0.4 is 0 Å². The van der Waals surface area contributed by atoms with Crippen molar-refractivity contribution in [2.24, 2.45) is 0 Å². The van der Waals surface area contributed by atoms with Crippen LogP contribution in [-0.4, -0.2) is 29.7 Å². The molecule has 0 amide bonds. The molecule has 2 rings (SSSR count). The van der Waals surface area contributed by atoms with Crippen molar-refractivity contribution in [3.8, 4) is 0 Å². The fraction of sp³-hybridized carbons (Fsp3) is 1.00. The number of aliphatic hydroxyl groups is 1. The van der Waals surface area contributed by atoms with Crippen LogP contribution in [-0.2, 0) is 9.47 Å². The van der Waals surface area contributed by atoms with Crippen LogP contribution in [0.15, 0.2) is 0 Å². The zero-order valence-electron chi connectivity index (χ0n) is 8.21. The highest BCUT2D eigenvalue weighted by Gasteiger charge is 2.47. The lowest BCUT2D eigenvalue weighted by Gasteiger charge is -2.33. The van der Waals surface area contributed by atoms with Crippen LogP contribution in [0.3, 0.4) is 0 Å². The topological polar surface area (TPSA) is 38.7 Å². The van der Waals surface area contributed by atoms with Crippen LogP contribution in [0.2, 0.25) is 0 Å². The van der Waals surface area contributed by atoms with E-state index in [0.29, 0.717) is 6.61 Å². The molecular formula is C10H18O3. The molecule has 0 aromatic rings. The van der Waals surface area contributed by atoms with Gasteiger partial charge in [0.25, 0.3) is 0 Å². The van der Waals surface area contributed by atoms with Crippen molar-refractivity contribution in [2.45, 2.75) is 50.4 Å². The van der Waals surface area contributed by atoms with Gasteiger partial charge in [-0.05, 0) is 19.8 Å². The van der Waals surface area contributed by atoms with Gasteiger partial charge in [-0.1, -0.05) is 6.42 Å². The van der Waals surface area contributed by atoms with Crippen LogP contribution in [0.25, 0.3) is 0 Å². The van der Waals surface area contributed by atoms with E-state index in [1.54, 1.807) is 0 Å². The highest BCUT2D eigenvalue weighted by Crippen LogP contribution is 2.41. The van der Waals surface area contributed by atoms with Crippen molar-refractivity contribution in [1.29, 1.82) is 0 Å². The SMILES string of the molecule is C[C@]1(CO)COC2(CCCCC2)O1. The van der Waals surface area contributed by atoms with Gasteiger partial charge in [-0.2, -0.15) is 0 Å². The summed E-state index contributed by atoms with van der Waals surface area (Å²) >= 11 is 0. The maximum atomic E-state index is 9.13. The zero-order valence-corrected chi connectivity index (χ0v) is 8.21. The fourth-order valence-corrected chi connectivity index (χ4v) is 2.21. The molecule has 1 saturated heterocycles. The third-order valence-electron chi connectivity index (χ3n) is 3.02. The third kappa shape index (κ3) is 1.73. The summed E-state index contributed by atoms with van der Waals surface area (Å²) in [5.41, 5.74) is -0.461. The molecule has 2 aliphatic rings. The summed E-state index contributed by atoms with van der Waals surface area (Å²) in [6.45, 7) is 2.49. The summed E-state index contributed by atoms with van der Waals surface area (Å²) in [6.07, 6.45) is 5.62. The van der Waals surface area contributed by atoms with Crippen LogP contribution in [0.1, 0.15) is 39.0 Å². The van der Waals surface area contributed by atoms with E-state index in [1.165, 1.54) is 19.3 Å². The second-order valence-corrected chi connectivity index (χ2v) is 4.47. The second-order valence-electron chi connectivity index (χ2n) is 4.47. The van der Waals surface area contributed by atoms with Gasteiger partial charge in [0, 0.05) is 12.8 Å². The van der Waals surface area contributed by atoms with Gasteiger partial charge >= 0.3 is 0 Å². The molecule has 1 spiro atoms. The molecule has 1 heterocycles. The minimum atomic E-state index is -0.461. The summed E-state index contributed by atoms with van der Waals surface area (Å²) in [5, 5.41) is 9.13. The summed E-state index contributed by atoms with van der Waals surface area (Å²) in [4.78, 5) is 0. The van der Waals surface area contributed by atoms with Gasteiger partial charge in [0.2, 0.25) is 0 Å². The van der Waals surface area contributed by atoms with Gasteiger partial charge in [-0.3, -0.25) is 0 Å². The molecule has 1 saturated carbocycles. The largest absolute Gasteiger partial charge is 0.393 e. The smallest absolute Gasteiger partial charge is 0.169 e. The first-order chi connectivity index (χ1) is 6.18. The molecule has 76 valence electrons. The van der Waals surface area contributed by atoms with Gasteiger partial charge in [-0.25, -0.2) is 0 Å². The molecule has 0 aromatic heterocycles. The summed E-state index contributed by atoms with van der Waals surface area (Å²) in [7, 11) is 0. The molecule has 0 bridgehead atoms. The summed E-state index contributed by atoms with van der Waals surface area (Å²) in [6, 6.07) is 0. The first-order valence-electron chi connectivity index (χ1n) is 5.13. The van der Waals surface area contributed by atoms with Gasteiger partial charge in [0.05, 0.1) is 13.2 Å². The third-order valence-corrected chi connectivity index (χ3v) is 3.02. The predicted molar refractivity (Wildman–Crippen MR) is 48.3 cm³/mol. The maximum Gasteiger partial charge on any atom is 0.169 e. The van der Waals surface area contributed by atoms with E-state index in [4.69, 9.17) is 14.6 Å². The molecule has 3 heteroatoms. The highest BCUT2D eigenvalue weighted by atomic mass is 16.8. The monoisotopic (exact) mass is 186 g/mol. The van der Waals surface area contributed by atoms with E-state index in [2.05, 4.69) is 0 Å². The maximum absolute atomic E-state index is 9.13. The number of aliphatic hydroxyl groups excluding tert-OH is 1. The summed E-state index contributed by atoms with van der Waals surface area (Å²) < 4.78 is 11.6. The molecule has 0 unspecified atom stereocenters. The molecular weight excluding hydrogens is 168 g/mol. The Balaban J connectivity index is 2.02.